The quantitative estimate of drug-likeness (QED) is 0.789. The fourth-order valence-corrected chi connectivity index (χ4v) is 3.91. The Hall–Kier alpha value is -0.680. The zero-order valence-electron chi connectivity index (χ0n) is 7.83. The van der Waals surface area contributed by atoms with E-state index in [0.29, 0.717) is 17.2 Å². The number of nitrogen functional groups attached to an aromatic ring is 1. The number of hydrogen-bond donors (Lipinski definition) is 1. The van der Waals surface area contributed by atoms with Crippen LogP contribution in [0.2, 0.25) is 0 Å². The first-order valence-electron chi connectivity index (χ1n) is 4.45. The van der Waals surface area contributed by atoms with Gasteiger partial charge in [0.25, 0.3) is 0 Å². The van der Waals surface area contributed by atoms with Crippen LogP contribution >= 0.6 is 23.1 Å². The number of carbonyl (C=O) groups is 1. The summed E-state index contributed by atoms with van der Waals surface area (Å²) in [5, 5.41) is 0. The third-order valence-electron chi connectivity index (χ3n) is 2.06. The number of thiophene rings is 1. The number of esters is 1. The second-order valence-corrected chi connectivity index (χ2v) is 5.31. The van der Waals surface area contributed by atoms with Crippen LogP contribution in [0.4, 0.5) is 5.69 Å². The van der Waals surface area contributed by atoms with Gasteiger partial charge >= 0.3 is 5.97 Å². The van der Waals surface area contributed by atoms with Crippen molar-refractivity contribution in [2.45, 2.75) is 17.6 Å². The van der Waals surface area contributed by atoms with Crippen molar-refractivity contribution in [3.05, 3.63) is 10.4 Å². The summed E-state index contributed by atoms with van der Waals surface area (Å²) in [6, 6.07) is 0. The van der Waals surface area contributed by atoms with E-state index in [-0.39, 0.29) is 5.97 Å². The van der Waals surface area contributed by atoms with Crippen molar-refractivity contribution in [2.75, 3.05) is 18.1 Å². The van der Waals surface area contributed by atoms with Crippen LogP contribution in [0.25, 0.3) is 0 Å². The van der Waals surface area contributed by atoms with Crippen LogP contribution in [0.5, 0.6) is 0 Å². The van der Waals surface area contributed by atoms with Crippen LogP contribution in [0, 0.1) is 0 Å². The van der Waals surface area contributed by atoms with E-state index in [1.807, 2.05) is 0 Å². The van der Waals surface area contributed by atoms with Crippen LogP contribution < -0.4 is 5.73 Å². The Morgan fingerprint density at radius 1 is 1.64 bits per heavy atom. The number of ether oxygens (including phenoxy) is 1. The lowest BCUT2D eigenvalue weighted by molar-refractivity contribution is 0.0533. The molecule has 0 saturated carbocycles. The maximum atomic E-state index is 11.5. The van der Waals surface area contributed by atoms with Crippen molar-refractivity contribution >= 4 is 34.8 Å². The molecule has 0 saturated heterocycles. The van der Waals surface area contributed by atoms with Gasteiger partial charge < -0.3 is 10.5 Å². The van der Waals surface area contributed by atoms with E-state index in [1.54, 1.807) is 18.7 Å². The van der Waals surface area contributed by atoms with Crippen LogP contribution in [0.3, 0.4) is 0 Å². The Morgan fingerprint density at radius 2 is 2.43 bits per heavy atom. The van der Waals surface area contributed by atoms with Gasteiger partial charge in [0.2, 0.25) is 0 Å². The van der Waals surface area contributed by atoms with E-state index in [0.717, 1.165) is 17.7 Å². The Balaban J connectivity index is 2.32. The van der Waals surface area contributed by atoms with Gasteiger partial charge in [0, 0.05) is 11.3 Å². The van der Waals surface area contributed by atoms with Gasteiger partial charge in [0.1, 0.15) is 4.88 Å². The fraction of sp³-hybridized carbons (Fsp3) is 0.444. The molecular weight excluding hydrogens is 218 g/mol. The van der Waals surface area contributed by atoms with Gasteiger partial charge in [0.05, 0.1) is 16.5 Å². The molecule has 5 heteroatoms. The van der Waals surface area contributed by atoms with E-state index in [1.165, 1.54) is 15.5 Å². The van der Waals surface area contributed by atoms with Gasteiger partial charge in [-0.25, -0.2) is 4.79 Å². The van der Waals surface area contributed by atoms with Gasteiger partial charge in [-0.15, -0.1) is 23.1 Å². The molecule has 3 nitrogen and oxygen atoms in total. The normalized spacial score (nSPS) is 14.1. The van der Waals surface area contributed by atoms with E-state index in [2.05, 4.69) is 0 Å². The average molecular weight is 229 g/mol. The lowest BCUT2D eigenvalue weighted by Crippen LogP contribution is -2.05. The highest BCUT2D eigenvalue weighted by Crippen LogP contribution is 2.43. The van der Waals surface area contributed by atoms with Crippen molar-refractivity contribution in [2.24, 2.45) is 0 Å². The van der Waals surface area contributed by atoms with Crippen LogP contribution in [0.15, 0.2) is 4.21 Å². The topological polar surface area (TPSA) is 52.3 Å². The van der Waals surface area contributed by atoms with Gasteiger partial charge in [-0.05, 0) is 13.3 Å². The zero-order valence-corrected chi connectivity index (χ0v) is 9.46. The molecule has 1 aliphatic heterocycles. The third kappa shape index (κ3) is 1.50. The highest BCUT2D eigenvalue weighted by atomic mass is 32.2. The van der Waals surface area contributed by atoms with Gasteiger partial charge in [-0.1, -0.05) is 0 Å². The average Bonchev–Trinajstić information content (AvgIpc) is 2.69. The van der Waals surface area contributed by atoms with Gasteiger partial charge in [0.15, 0.2) is 0 Å². The fourth-order valence-electron chi connectivity index (χ4n) is 1.40. The highest BCUT2D eigenvalue weighted by molar-refractivity contribution is 8.01. The standard InChI is InChI=1S/C9H11NO2S2/c1-2-12-8(11)7-6(10)5-3-4-13-9(5)14-7/h2-4,10H2,1H3. The summed E-state index contributed by atoms with van der Waals surface area (Å²) in [6.45, 7) is 2.19. The molecule has 0 amide bonds. The summed E-state index contributed by atoms with van der Waals surface area (Å²) < 4.78 is 6.11. The van der Waals surface area contributed by atoms with Gasteiger partial charge in [-0.2, -0.15) is 0 Å². The summed E-state index contributed by atoms with van der Waals surface area (Å²) in [5.74, 6) is 0.791. The minimum Gasteiger partial charge on any atom is -0.462 e. The minimum absolute atomic E-state index is 0.287. The maximum Gasteiger partial charge on any atom is 0.350 e. The summed E-state index contributed by atoms with van der Waals surface area (Å²) in [4.78, 5) is 12.0. The number of hydrogen-bond acceptors (Lipinski definition) is 5. The third-order valence-corrected chi connectivity index (χ3v) is 4.60. The molecule has 2 N–H and O–H groups in total. The molecule has 1 aliphatic rings. The Bertz CT molecular complexity index is 373. The monoisotopic (exact) mass is 229 g/mol. The molecule has 0 atom stereocenters. The molecule has 0 unspecified atom stereocenters. The predicted octanol–water partition coefficient (Wildman–Crippen LogP) is 2.16. The molecule has 14 heavy (non-hydrogen) atoms. The maximum absolute atomic E-state index is 11.5. The number of rotatable bonds is 2. The number of thioether (sulfide) groups is 1. The van der Waals surface area contributed by atoms with Crippen LogP contribution in [-0.4, -0.2) is 18.3 Å². The Kier molecular flexibility index (Phi) is 2.69. The molecule has 76 valence electrons. The van der Waals surface area contributed by atoms with E-state index >= 15 is 0 Å². The summed E-state index contributed by atoms with van der Waals surface area (Å²) >= 11 is 3.23. The van der Waals surface area contributed by atoms with Crippen LogP contribution in [0.1, 0.15) is 22.2 Å². The first-order valence-corrected chi connectivity index (χ1v) is 6.25. The van der Waals surface area contributed by atoms with Crippen molar-refractivity contribution in [3.8, 4) is 0 Å². The number of fused-ring (bicyclic) bond motifs is 1. The molecule has 0 fully saturated rings. The molecule has 0 aromatic carbocycles. The molecule has 2 heterocycles. The highest BCUT2D eigenvalue weighted by Gasteiger charge is 2.24. The van der Waals surface area contributed by atoms with Crippen molar-refractivity contribution in [1.82, 2.24) is 0 Å². The summed E-state index contributed by atoms with van der Waals surface area (Å²) in [6.07, 6.45) is 0.974. The minimum atomic E-state index is -0.287. The number of anilines is 1. The zero-order chi connectivity index (χ0) is 10.1. The Morgan fingerprint density at radius 3 is 3.07 bits per heavy atom. The van der Waals surface area contributed by atoms with Crippen molar-refractivity contribution < 1.29 is 9.53 Å². The van der Waals surface area contributed by atoms with Crippen molar-refractivity contribution in [1.29, 1.82) is 0 Å². The largest absolute Gasteiger partial charge is 0.462 e. The van der Waals surface area contributed by atoms with E-state index in [4.69, 9.17) is 10.5 Å². The smallest absolute Gasteiger partial charge is 0.350 e. The molecule has 0 aliphatic carbocycles. The molecule has 2 rings (SSSR count). The number of nitrogens with two attached hydrogens (primary N) is 1. The molecule has 0 spiro atoms. The number of carbonyl (C=O) groups excluding carboxylic acids is 1. The molecule has 1 aromatic heterocycles. The summed E-state index contributed by atoms with van der Waals surface area (Å²) in [5.41, 5.74) is 7.66. The molecule has 0 bridgehead atoms. The van der Waals surface area contributed by atoms with E-state index < -0.39 is 0 Å². The summed E-state index contributed by atoms with van der Waals surface area (Å²) in [7, 11) is 0. The molecule has 1 aromatic rings. The first kappa shape index (κ1) is 9.86. The second kappa shape index (κ2) is 3.82. The molecule has 0 radical (unpaired) electrons. The molecular formula is C9H11NO2S2. The lowest BCUT2D eigenvalue weighted by Gasteiger charge is -2.00. The SMILES string of the molecule is CCOC(=O)c1sc2c(c1N)CCS2. The predicted molar refractivity (Wildman–Crippen MR) is 59.1 cm³/mol. The first-order chi connectivity index (χ1) is 6.74. The Labute approximate surface area is 90.6 Å². The second-order valence-electron chi connectivity index (χ2n) is 2.93. The van der Waals surface area contributed by atoms with Gasteiger partial charge in [-0.3, -0.25) is 0 Å². The lowest BCUT2D eigenvalue weighted by atomic mass is 10.2. The van der Waals surface area contributed by atoms with Crippen LogP contribution in [-0.2, 0) is 11.2 Å². The van der Waals surface area contributed by atoms with E-state index in [9.17, 15) is 4.79 Å². The van der Waals surface area contributed by atoms with Crippen molar-refractivity contribution in [3.63, 3.8) is 0 Å².